The number of nitrogens with zero attached hydrogens (tertiary/aromatic N) is 3. The molecule has 2 atom stereocenters. The maximum Gasteiger partial charge on any atom is 0.182 e. The van der Waals surface area contributed by atoms with Crippen molar-refractivity contribution in [1.29, 1.82) is 0 Å². The smallest absolute Gasteiger partial charge is 0.182 e. The maximum absolute atomic E-state index is 8.01. The van der Waals surface area contributed by atoms with E-state index in [4.69, 9.17) is 25.5 Å². The Morgan fingerprint density at radius 2 is 2.27 bits per heavy atom. The molecule has 2 unspecified atom stereocenters. The Balaban J connectivity index is 3.60. The monoisotopic (exact) mass is 218 g/mol. The third-order valence-electron chi connectivity index (χ3n) is 1.37. The fourth-order valence-electron chi connectivity index (χ4n) is 0.882. The average Bonchev–Trinajstić information content (AvgIpc) is 2.17. The van der Waals surface area contributed by atoms with Crippen LogP contribution in [0.4, 0.5) is 0 Å². The maximum atomic E-state index is 8.01. The van der Waals surface area contributed by atoms with Crippen molar-refractivity contribution >= 4 is 0 Å². The minimum Gasteiger partial charge on any atom is -0.376 e. The molecule has 0 radical (unpaired) electrons. The molecule has 0 aromatic heterocycles. The fraction of sp³-hybridized carbons (Fsp3) is 1.00. The zero-order chi connectivity index (χ0) is 11.5. The Bertz CT molecular complexity index is 194. The van der Waals surface area contributed by atoms with Gasteiger partial charge >= 0.3 is 0 Å². The number of hydrogen-bond acceptors (Lipinski definition) is 5. The summed E-state index contributed by atoms with van der Waals surface area (Å²) in [5.74, 6) is 0. The molecule has 7 nitrogen and oxygen atoms in total. The van der Waals surface area contributed by atoms with Gasteiger partial charge in [-0.15, -0.1) is 0 Å². The van der Waals surface area contributed by atoms with Crippen LogP contribution in [0.5, 0.6) is 0 Å². The number of hydrogen-bond donors (Lipinski definition) is 1. The van der Waals surface area contributed by atoms with E-state index in [2.05, 4.69) is 10.0 Å². The second-order valence-corrected chi connectivity index (χ2v) is 2.76. The van der Waals surface area contributed by atoms with Crippen molar-refractivity contribution in [2.24, 2.45) is 10.8 Å². The first-order valence-electron chi connectivity index (χ1n) is 4.82. The van der Waals surface area contributed by atoms with Crippen molar-refractivity contribution in [2.75, 3.05) is 26.4 Å². The van der Waals surface area contributed by atoms with Gasteiger partial charge in [-0.25, -0.2) is 0 Å². The van der Waals surface area contributed by atoms with Crippen LogP contribution in [0.1, 0.15) is 13.8 Å². The Morgan fingerprint density at radius 1 is 1.53 bits per heavy atom. The van der Waals surface area contributed by atoms with Crippen LogP contribution in [-0.2, 0) is 14.2 Å². The predicted molar refractivity (Wildman–Crippen MR) is 55.0 cm³/mol. The lowest BCUT2D eigenvalue weighted by Gasteiger charge is -2.19. The first-order chi connectivity index (χ1) is 7.20. The average molecular weight is 218 g/mol. The Labute approximate surface area is 89.1 Å². The van der Waals surface area contributed by atoms with E-state index in [9.17, 15) is 0 Å². The van der Waals surface area contributed by atoms with E-state index in [1.54, 1.807) is 6.92 Å². The Hall–Kier alpha value is -0.850. The van der Waals surface area contributed by atoms with Crippen molar-refractivity contribution in [3.63, 3.8) is 0 Å². The van der Waals surface area contributed by atoms with E-state index in [0.717, 1.165) is 0 Å². The molecule has 0 bridgehead atoms. The van der Waals surface area contributed by atoms with Crippen LogP contribution in [0.3, 0.4) is 0 Å². The van der Waals surface area contributed by atoms with Crippen LogP contribution in [0.25, 0.3) is 10.4 Å². The molecule has 0 heterocycles. The molecule has 15 heavy (non-hydrogen) atoms. The molecule has 0 aliphatic heterocycles. The van der Waals surface area contributed by atoms with Crippen molar-refractivity contribution in [2.45, 2.75) is 26.4 Å². The summed E-state index contributed by atoms with van der Waals surface area (Å²) in [6.45, 7) is 5.01. The van der Waals surface area contributed by atoms with Crippen LogP contribution < -0.4 is 5.73 Å². The van der Waals surface area contributed by atoms with Gasteiger partial charge in [0.05, 0.1) is 13.2 Å². The zero-order valence-electron chi connectivity index (χ0n) is 9.13. The van der Waals surface area contributed by atoms with Gasteiger partial charge in [0.1, 0.15) is 6.23 Å². The molecule has 0 fully saturated rings. The van der Waals surface area contributed by atoms with Crippen molar-refractivity contribution in [3.05, 3.63) is 10.4 Å². The van der Waals surface area contributed by atoms with Crippen LogP contribution in [0, 0.1) is 0 Å². The second kappa shape index (κ2) is 9.70. The normalized spacial score (nSPS) is 14.3. The van der Waals surface area contributed by atoms with Gasteiger partial charge in [-0.3, -0.25) is 0 Å². The summed E-state index contributed by atoms with van der Waals surface area (Å²) in [5, 5.41) is 3.32. The van der Waals surface area contributed by atoms with Gasteiger partial charge in [-0.2, -0.15) is 0 Å². The molecule has 0 aliphatic rings. The van der Waals surface area contributed by atoms with E-state index in [0.29, 0.717) is 19.8 Å². The summed E-state index contributed by atoms with van der Waals surface area (Å²) in [5.41, 5.74) is 13.5. The number of nitrogens with two attached hydrogens (primary N) is 1. The largest absolute Gasteiger partial charge is 0.376 e. The summed E-state index contributed by atoms with van der Waals surface area (Å²) < 4.78 is 15.6. The molecule has 2 N–H and O–H groups in total. The highest BCUT2D eigenvalue weighted by Crippen LogP contribution is 1.98. The molecule has 7 heteroatoms. The van der Waals surface area contributed by atoms with Gasteiger partial charge in [0.2, 0.25) is 0 Å². The standard InChI is InChI=1S/C8H18N4O3/c1-3-14-8(15-7(2)9)6-13-5-4-11-12-10/h7-8H,3-6,9H2,1-2H3. The summed E-state index contributed by atoms with van der Waals surface area (Å²) >= 11 is 0. The SMILES string of the molecule is CCOC(COCCN=[N+]=[N-])OC(C)N. The van der Waals surface area contributed by atoms with Crippen LogP contribution >= 0.6 is 0 Å². The van der Waals surface area contributed by atoms with E-state index < -0.39 is 12.5 Å². The zero-order valence-corrected chi connectivity index (χ0v) is 9.13. The highest BCUT2D eigenvalue weighted by Gasteiger charge is 2.10. The molecule has 0 rings (SSSR count). The van der Waals surface area contributed by atoms with E-state index in [-0.39, 0.29) is 6.61 Å². The summed E-state index contributed by atoms with van der Waals surface area (Å²) in [6, 6.07) is 0. The summed E-state index contributed by atoms with van der Waals surface area (Å²) in [4.78, 5) is 2.60. The number of rotatable bonds is 9. The number of azide groups is 1. The third-order valence-corrected chi connectivity index (χ3v) is 1.37. The summed E-state index contributed by atoms with van der Waals surface area (Å²) in [6.07, 6.45) is -0.872. The lowest BCUT2D eigenvalue weighted by atomic mass is 10.6. The van der Waals surface area contributed by atoms with E-state index in [1.807, 2.05) is 6.92 Å². The first-order valence-corrected chi connectivity index (χ1v) is 4.82. The van der Waals surface area contributed by atoms with E-state index >= 15 is 0 Å². The molecule has 0 aromatic rings. The molecular weight excluding hydrogens is 200 g/mol. The summed E-state index contributed by atoms with van der Waals surface area (Å²) in [7, 11) is 0. The van der Waals surface area contributed by atoms with Gasteiger partial charge in [-0.05, 0) is 19.4 Å². The van der Waals surface area contributed by atoms with Gasteiger partial charge in [0.25, 0.3) is 0 Å². The van der Waals surface area contributed by atoms with Gasteiger partial charge in [-0.1, -0.05) is 5.11 Å². The van der Waals surface area contributed by atoms with Gasteiger partial charge in [0.15, 0.2) is 6.29 Å². The molecule has 0 saturated carbocycles. The molecule has 88 valence electrons. The molecule has 0 spiro atoms. The second-order valence-electron chi connectivity index (χ2n) is 2.76. The van der Waals surface area contributed by atoms with Crippen molar-refractivity contribution in [1.82, 2.24) is 0 Å². The first kappa shape index (κ1) is 14.2. The molecular formula is C8H18N4O3. The minimum atomic E-state index is -0.471. The topological polar surface area (TPSA) is 102 Å². The van der Waals surface area contributed by atoms with Gasteiger partial charge in [0, 0.05) is 18.1 Å². The minimum absolute atomic E-state index is 0.274. The Kier molecular flexibility index (Phi) is 9.15. The third kappa shape index (κ3) is 9.45. The highest BCUT2D eigenvalue weighted by molar-refractivity contribution is 4.48. The molecule has 0 aromatic carbocycles. The quantitative estimate of drug-likeness (QED) is 0.205. The van der Waals surface area contributed by atoms with Crippen molar-refractivity contribution in [3.8, 4) is 0 Å². The molecule has 0 amide bonds. The van der Waals surface area contributed by atoms with Crippen LogP contribution in [-0.4, -0.2) is 38.9 Å². The molecule has 0 aliphatic carbocycles. The fourth-order valence-corrected chi connectivity index (χ4v) is 0.882. The van der Waals surface area contributed by atoms with E-state index in [1.165, 1.54) is 0 Å². The predicted octanol–water partition coefficient (Wildman–Crippen LogP) is 0.997. The van der Waals surface area contributed by atoms with Crippen LogP contribution in [0.15, 0.2) is 5.11 Å². The Morgan fingerprint density at radius 3 is 2.80 bits per heavy atom. The van der Waals surface area contributed by atoms with Crippen molar-refractivity contribution < 1.29 is 14.2 Å². The van der Waals surface area contributed by atoms with Gasteiger partial charge < -0.3 is 19.9 Å². The molecule has 0 saturated heterocycles. The number of ether oxygens (including phenoxy) is 3. The highest BCUT2D eigenvalue weighted by atomic mass is 16.7. The van der Waals surface area contributed by atoms with Crippen LogP contribution in [0.2, 0.25) is 0 Å². The lowest BCUT2D eigenvalue weighted by molar-refractivity contribution is -0.188. The lowest BCUT2D eigenvalue weighted by Crippen LogP contribution is -2.32.